The molecule has 3 heteroatoms. The predicted molar refractivity (Wildman–Crippen MR) is 75.9 cm³/mol. The summed E-state index contributed by atoms with van der Waals surface area (Å²) < 4.78 is 10.9. The van der Waals surface area contributed by atoms with E-state index in [1.54, 1.807) is 7.11 Å². The highest BCUT2D eigenvalue weighted by molar-refractivity contribution is 5.45. The molecule has 3 nitrogen and oxygen atoms in total. The lowest BCUT2D eigenvalue weighted by Gasteiger charge is -2.47. The van der Waals surface area contributed by atoms with Crippen LogP contribution in [0.3, 0.4) is 0 Å². The summed E-state index contributed by atoms with van der Waals surface area (Å²) >= 11 is 0. The molecule has 0 amide bonds. The van der Waals surface area contributed by atoms with Crippen LogP contribution in [0.5, 0.6) is 5.75 Å². The van der Waals surface area contributed by atoms with E-state index in [2.05, 4.69) is 24.3 Å². The molecule has 1 aromatic carbocycles. The maximum atomic E-state index is 11.3. The Morgan fingerprint density at radius 1 is 1.30 bits per heavy atom. The number of aryl methyl sites for hydroxylation is 1. The molecule has 2 aliphatic carbocycles. The van der Waals surface area contributed by atoms with E-state index in [4.69, 9.17) is 9.47 Å². The Morgan fingerprint density at radius 3 is 3.05 bits per heavy atom. The van der Waals surface area contributed by atoms with Crippen molar-refractivity contribution >= 4 is 0 Å². The molecule has 3 aliphatic rings. The Labute approximate surface area is 119 Å². The van der Waals surface area contributed by atoms with Gasteiger partial charge in [0.05, 0.1) is 25.9 Å². The molecule has 1 N–H and O–H groups in total. The fourth-order valence-electron chi connectivity index (χ4n) is 4.20. The van der Waals surface area contributed by atoms with Crippen molar-refractivity contribution in [3.8, 4) is 5.75 Å². The number of ether oxygens (including phenoxy) is 2. The monoisotopic (exact) mass is 272 g/mol. The summed E-state index contributed by atoms with van der Waals surface area (Å²) in [4.78, 5) is 0. The Bertz CT molecular complexity index is 565. The van der Waals surface area contributed by atoms with E-state index < -0.39 is 5.60 Å². The lowest BCUT2D eigenvalue weighted by atomic mass is 9.61. The minimum atomic E-state index is -0.641. The molecule has 0 radical (unpaired) electrons. The Hall–Kier alpha value is -1.32. The van der Waals surface area contributed by atoms with Crippen LogP contribution in [-0.2, 0) is 11.2 Å². The average Bonchev–Trinajstić information content (AvgIpc) is 2.96. The SMILES string of the molecule is COc1ccc2c(c1)CC[C@]1(O)[C@@H]2C=C[C@H]2COC[C@H]21. The van der Waals surface area contributed by atoms with Crippen LogP contribution in [0, 0.1) is 11.8 Å². The van der Waals surface area contributed by atoms with Gasteiger partial charge >= 0.3 is 0 Å². The van der Waals surface area contributed by atoms with E-state index in [1.807, 2.05) is 6.07 Å². The van der Waals surface area contributed by atoms with Gasteiger partial charge in [-0.2, -0.15) is 0 Å². The first-order chi connectivity index (χ1) is 9.72. The molecule has 1 fully saturated rings. The largest absolute Gasteiger partial charge is 0.497 e. The topological polar surface area (TPSA) is 38.7 Å². The van der Waals surface area contributed by atoms with Gasteiger partial charge in [-0.25, -0.2) is 0 Å². The summed E-state index contributed by atoms with van der Waals surface area (Å²) in [5.41, 5.74) is 1.92. The second-order valence-electron chi connectivity index (χ2n) is 6.23. The Morgan fingerprint density at radius 2 is 2.20 bits per heavy atom. The summed E-state index contributed by atoms with van der Waals surface area (Å²) in [5.74, 6) is 1.62. The van der Waals surface area contributed by atoms with Gasteiger partial charge in [0.1, 0.15) is 5.75 Å². The molecule has 0 bridgehead atoms. The number of aliphatic hydroxyl groups is 1. The zero-order valence-corrected chi connectivity index (χ0v) is 11.7. The van der Waals surface area contributed by atoms with Gasteiger partial charge in [-0.3, -0.25) is 0 Å². The molecule has 0 spiro atoms. The van der Waals surface area contributed by atoms with Crippen molar-refractivity contribution in [1.29, 1.82) is 0 Å². The van der Waals surface area contributed by atoms with Crippen molar-refractivity contribution in [2.45, 2.75) is 24.4 Å². The third-order valence-electron chi connectivity index (χ3n) is 5.34. The minimum Gasteiger partial charge on any atom is -0.497 e. The maximum Gasteiger partial charge on any atom is 0.119 e. The molecular weight excluding hydrogens is 252 g/mol. The highest BCUT2D eigenvalue weighted by Crippen LogP contribution is 2.51. The zero-order chi connectivity index (χ0) is 13.7. The van der Waals surface area contributed by atoms with Gasteiger partial charge < -0.3 is 14.6 Å². The van der Waals surface area contributed by atoms with Gasteiger partial charge in [-0.1, -0.05) is 18.2 Å². The van der Waals surface area contributed by atoms with Crippen LogP contribution in [0.2, 0.25) is 0 Å². The normalized spacial score (nSPS) is 38.0. The second-order valence-corrected chi connectivity index (χ2v) is 6.23. The number of rotatable bonds is 1. The van der Waals surface area contributed by atoms with Gasteiger partial charge in [0, 0.05) is 17.8 Å². The third kappa shape index (κ3) is 1.60. The van der Waals surface area contributed by atoms with Crippen molar-refractivity contribution < 1.29 is 14.6 Å². The van der Waals surface area contributed by atoms with Crippen LogP contribution in [0.1, 0.15) is 23.5 Å². The van der Waals surface area contributed by atoms with Crippen molar-refractivity contribution in [3.05, 3.63) is 41.5 Å². The smallest absolute Gasteiger partial charge is 0.119 e. The van der Waals surface area contributed by atoms with Crippen molar-refractivity contribution in [3.63, 3.8) is 0 Å². The van der Waals surface area contributed by atoms with Crippen LogP contribution in [0.4, 0.5) is 0 Å². The number of benzene rings is 1. The molecule has 4 rings (SSSR count). The van der Waals surface area contributed by atoms with Crippen LogP contribution in [-0.4, -0.2) is 31.0 Å². The maximum absolute atomic E-state index is 11.3. The van der Waals surface area contributed by atoms with E-state index in [9.17, 15) is 5.11 Å². The number of fused-ring (bicyclic) bond motifs is 5. The number of hydrogen-bond acceptors (Lipinski definition) is 3. The second kappa shape index (κ2) is 4.34. The Balaban J connectivity index is 1.79. The highest BCUT2D eigenvalue weighted by atomic mass is 16.5. The summed E-state index contributed by atoms with van der Waals surface area (Å²) in [6, 6.07) is 6.22. The number of methoxy groups -OCH3 is 1. The standard InChI is InChI=1S/C17H20O3/c1-19-13-3-4-14-11(8-13)6-7-17(18)15(14)5-2-12-9-20-10-16(12)17/h2-5,8,12,15-16,18H,6-7,9-10H2,1H3/t12-,15+,16+,17-/m0/s1. The molecule has 0 saturated carbocycles. The molecule has 20 heavy (non-hydrogen) atoms. The van der Waals surface area contributed by atoms with Crippen LogP contribution in [0.15, 0.2) is 30.4 Å². The first-order valence-corrected chi connectivity index (χ1v) is 7.37. The molecule has 0 aromatic heterocycles. The van der Waals surface area contributed by atoms with Crippen molar-refractivity contribution in [1.82, 2.24) is 0 Å². The van der Waals surface area contributed by atoms with Crippen LogP contribution < -0.4 is 4.74 Å². The van der Waals surface area contributed by atoms with Crippen LogP contribution in [0.25, 0.3) is 0 Å². The van der Waals surface area contributed by atoms with E-state index in [0.29, 0.717) is 12.5 Å². The predicted octanol–water partition coefficient (Wildman–Crippen LogP) is 2.29. The lowest BCUT2D eigenvalue weighted by Crippen LogP contribution is -2.50. The van der Waals surface area contributed by atoms with E-state index in [-0.39, 0.29) is 11.8 Å². The van der Waals surface area contributed by atoms with Gasteiger partial charge in [0.15, 0.2) is 0 Å². The fourth-order valence-corrected chi connectivity index (χ4v) is 4.20. The number of hydrogen-bond donors (Lipinski definition) is 1. The quantitative estimate of drug-likeness (QED) is 0.797. The third-order valence-corrected chi connectivity index (χ3v) is 5.34. The zero-order valence-electron chi connectivity index (χ0n) is 11.7. The first kappa shape index (κ1) is 12.4. The molecular formula is C17H20O3. The molecule has 4 atom stereocenters. The van der Waals surface area contributed by atoms with E-state index in [1.165, 1.54) is 11.1 Å². The first-order valence-electron chi connectivity index (χ1n) is 7.37. The fraction of sp³-hybridized carbons (Fsp3) is 0.529. The van der Waals surface area contributed by atoms with Crippen LogP contribution >= 0.6 is 0 Å². The highest BCUT2D eigenvalue weighted by Gasteiger charge is 2.52. The van der Waals surface area contributed by atoms with Gasteiger partial charge in [0.2, 0.25) is 0 Å². The summed E-state index contributed by atoms with van der Waals surface area (Å²) in [7, 11) is 1.70. The molecule has 1 aliphatic heterocycles. The average molecular weight is 272 g/mol. The summed E-state index contributed by atoms with van der Waals surface area (Å²) in [6.07, 6.45) is 6.17. The van der Waals surface area contributed by atoms with Gasteiger partial charge in [-0.15, -0.1) is 0 Å². The molecule has 1 saturated heterocycles. The molecule has 1 aromatic rings. The molecule has 106 valence electrons. The lowest BCUT2D eigenvalue weighted by molar-refractivity contribution is -0.0577. The summed E-state index contributed by atoms with van der Waals surface area (Å²) in [5, 5.41) is 11.3. The van der Waals surface area contributed by atoms with Gasteiger partial charge in [0.25, 0.3) is 0 Å². The van der Waals surface area contributed by atoms with E-state index in [0.717, 1.165) is 25.2 Å². The molecule has 1 heterocycles. The molecule has 0 unspecified atom stereocenters. The Kier molecular flexibility index (Phi) is 2.69. The van der Waals surface area contributed by atoms with Gasteiger partial charge in [-0.05, 0) is 36.1 Å². The minimum absolute atomic E-state index is 0.0973. The van der Waals surface area contributed by atoms with E-state index >= 15 is 0 Å². The van der Waals surface area contributed by atoms with Crippen molar-refractivity contribution in [2.24, 2.45) is 11.8 Å². The summed E-state index contributed by atoms with van der Waals surface area (Å²) in [6.45, 7) is 1.44. The van der Waals surface area contributed by atoms with Crippen molar-refractivity contribution in [2.75, 3.05) is 20.3 Å².